The van der Waals surface area contributed by atoms with Gasteiger partial charge in [0.1, 0.15) is 28.5 Å². The number of pyridine rings is 1. The molecule has 0 aliphatic rings. The third-order valence-electron chi connectivity index (χ3n) is 7.29. The molecular formula is C33H49N5O8S. The smallest absolute Gasteiger partial charge is 0.408 e. The Hall–Kier alpha value is -4.04. The Morgan fingerprint density at radius 3 is 2.09 bits per heavy atom. The molecular weight excluding hydrogens is 626 g/mol. The molecule has 0 radical (unpaired) electrons. The number of alkyl carbamates (subject to hydrolysis) is 1. The van der Waals surface area contributed by atoms with Crippen LogP contribution < -0.4 is 21.3 Å². The van der Waals surface area contributed by atoms with Gasteiger partial charge in [-0.05, 0) is 36.3 Å². The molecule has 0 bridgehead atoms. The molecule has 0 spiro atoms. The Morgan fingerprint density at radius 1 is 0.851 bits per heavy atom. The van der Waals surface area contributed by atoms with Crippen molar-refractivity contribution in [3.63, 3.8) is 0 Å². The van der Waals surface area contributed by atoms with E-state index in [9.17, 15) is 32.7 Å². The predicted octanol–water partition coefficient (Wildman–Crippen LogP) is 2.10. The number of aromatic nitrogens is 1. The number of hydrogen-bond donors (Lipinski definition) is 5. The monoisotopic (exact) mass is 675 g/mol. The van der Waals surface area contributed by atoms with Gasteiger partial charge in [0.15, 0.2) is 0 Å². The Morgan fingerprint density at radius 2 is 1.51 bits per heavy atom. The molecule has 4 amide bonds. The SMILES string of the molecule is CC(C)C[C@H](NC(=O)[C@H](CS(C)(=O)=O)NC(=O)OCc1cccnc1)[C@@H](O)C[C@@H](C)C(=O)N[C@H](C(=O)NCc1ccccc1)C(C)C. The number of amides is 4. The second-order valence-corrected chi connectivity index (χ2v) is 14.8. The minimum Gasteiger partial charge on any atom is -0.445 e. The first-order valence-corrected chi connectivity index (χ1v) is 17.7. The van der Waals surface area contributed by atoms with E-state index in [1.165, 1.54) is 6.20 Å². The largest absolute Gasteiger partial charge is 0.445 e. The first kappa shape index (κ1) is 39.1. The highest BCUT2D eigenvalue weighted by Crippen LogP contribution is 2.17. The number of sulfone groups is 1. The molecule has 0 saturated carbocycles. The van der Waals surface area contributed by atoms with E-state index in [1.807, 2.05) is 58.0 Å². The summed E-state index contributed by atoms with van der Waals surface area (Å²) in [4.78, 5) is 55.8. The van der Waals surface area contributed by atoms with Gasteiger partial charge in [-0.1, -0.05) is 71.0 Å². The lowest BCUT2D eigenvalue weighted by Gasteiger charge is -2.30. The number of hydrogen-bond acceptors (Lipinski definition) is 9. The number of carbonyl (C=O) groups is 4. The van der Waals surface area contributed by atoms with Crippen LogP contribution in [0.4, 0.5) is 4.79 Å². The maximum Gasteiger partial charge on any atom is 0.408 e. The summed E-state index contributed by atoms with van der Waals surface area (Å²) in [5, 5.41) is 21.8. The zero-order chi connectivity index (χ0) is 35.1. The fourth-order valence-corrected chi connectivity index (χ4v) is 5.60. The van der Waals surface area contributed by atoms with Crippen molar-refractivity contribution >= 4 is 33.7 Å². The van der Waals surface area contributed by atoms with Crippen molar-refractivity contribution in [2.45, 2.75) is 84.8 Å². The van der Waals surface area contributed by atoms with Crippen molar-refractivity contribution in [3.8, 4) is 0 Å². The third-order valence-corrected chi connectivity index (χ3v) is 8.23. The van der Waals surface area contributed by atoms with Gasteiger partial charge in [0.25, 0.3) is 0 Å². The molecule has 0 aliphatic carbocycles. The number of ether oxygens (including phenoxy) is 1. The Balaban J connectivity index is 2.06. The molecule has 0 unspecified atom stereocenters. The summed E-state index contributed by atoms with van der Waals surface area (Å²) in [6.45, 7) is 9.16. The lowest BCUT2D eigenvalue weighted by Crippen LogP contribution is -2.55. The van der Waals surface area contributed by atoms with Crippen LogP contribution in [0.5, 0.6) is 0 Å². The molecule has 13 nitrogen and oxygen atoms in total. The van der Waals surface area contributed by atoms with Gasteiger partial charge < -0.3 is 31.1 Å². The van der Waals surface area contributed by atoms with Crippen molar-refractivity contribution in [1.29, 1.82) is 0 Å². The molecule has 1 aromatic heterocycles. The van der Waals surface area contributed by atoms with Crippen LogP contribution in [-0.4, -0.2) is 78.6 Å². The molecule has 1 aromatic carbocycles. The van der Waals surface area contributed by atoms with E-state index < -0.39 is 63.6 Å². The van der Waals surface area contributed by atoms with E-state index in [0.29, 0.717) is 18.5 Å². The van der Waals surface area contributed by atoms with Crippen molar-refractivity contribution < 1.29 is 37.4 Å². The molecule has 260 valence electrons. The average Bonchev–Trinajstić information content (AvgIpc) is 3.00. The second kappa shape index (κ2) is 18.9. The van der Waals surface area contributed by atoms with Crippen LogP contribution in [0, 0.1) is 17.8 Å². The van der Waals surface area contributed by atoms with E-state index >= 15 is 0 Å². The molecule has 2 aromatic rings. The number of rotatable bonds is 18. The van der Waals surface area contributed by atoms with Crippen LogP contribution in [0.2, 0.25) is 0 Å². The van der Waals surface area contributed by atoms with Crippen molar-refractivity contribution in [3.05, 3.63) is 66.0 Å². The zero-order valence-electron chi connectivity index (χ0n) is 27.9. The molecule has 47 heavy (non-hydrogen) atoms. The maximum atomic E-state index is 13.3. The zero-order valence-corrected chi connectivity index (χ0v) is 28.8. The number of carbonyl (C=O) groups excluding carboxylic acids is 4. The van der Waals surface area contributed by atoms with Gasteiger partial charge in [0, 0.05) is 36.7 Å². The molecule has 0 aliphatic heterocycles. The number of aliphatic hydroxyl groups is 1. The van der Waals surface area contributed by atoms with Crippen LogP contribution in [0.15, 0.2) is 54.9 Å². The fourth-order valence-electron chi connectivity index (χ4n) is 4.76. The Bertz CT molecular complexity index is 1410. The van der Waals surface area contributed by atoms with Crippen LogP contribution in [0.25, 0.3) is 0 Å². The number of aliphatic hydroxyl groups excluding tert-OH is 1. The van der Waals surface area contributed by atoms with Crippen LogP contribution >= 0.6 is 0 Å². The van der Waals surface area contributed by atoms with Crippen molar-refractivity contribution in [2.24, 2.45) is 17.8 Å². The summed E-state index contributed by atoms with van der Waals surface area (Å²) in [7, 11) is -3.73. The first-order valence-electron chi connectivity index (χ1n) is 15.7. The van der Waals surface area contributed by atoms with Gasteiger partial charge in [-0.15, -0.1) is 0 Å². The summed E-state index contributed by atoms with van der Waals surface area (Å²) >= 11 is 0. The topological polar surface area (TPSA) is 193 Å². The number of benzene rings is 1. The molecule has 5 N–H and O–H groups in total. The van der Waals surface area contributed by atoms with Crippen LogP contribution in [0.1, 0.15) is 58.6 Å². The lowest BCUT2D eigenvalue weighted by molar-refractivity contribution is -0.132. The van der Waals surface area contributed by atoms with Gasteiger partial charge in [-0.3, -0.25) is 19.4 Å². The first-order chi connectivity index (χ1) is 22.1. The summed E-state index contributed by atoms with van der Waals surface area (Å²) in [6.07, 6.45) is 2.02. The summed E-state index contributed by atoms with van der Waals surface area (Å²) in [6, 6.07) is 9.54. The standard InChI is InChI=1S/C33H49N5O8S/c1-21(2)15-26(36-31(41)27(20-47(6,44)45)37-33(43)46-19-25-13-10-14-34-17-25)28(39)16-23(5)30(40)38-29(22(3)4)32(42)35-18-24-11-8-7-9-12-24/h7-14,17,21-23,26-29,39H,15-16,18-20H2,1-6H3,(H,35,42)(H,36,41)(H,37,43)(H,38,40)/t23-,26+,27+,28+,29+/m1/s1. The van der Waals surface area contributed by atoms with Gasteiger partial charge in [-0.2, -0.15) is 0 Å². The molecule has 0 saturated heterocycles. The van der Waals surface area contributed by atoms with Gasteiger partial charge in [0.2, 0.25) is 17.7 Å². The quantitative estimate of drug-likeness (QED) is 0.157. The highest BCUT2D eigenvalue weighted by molar-refractivity contribution is 7.90. The Kier molecular flexibility index (Phi) is 15.8. The second-order valence-electron chi connectivity index (χ2n) is 12.6. The molecule has 5 atom stereocenters. The predicted molar refractivity (Wildman–Crippen MR) is 177 cm³/mol. The minimum absolute atomic E-state index is 0.00322. The summed E-state index contributed by atoms with van der Waals surface area (Å²) < 4.78 is 29.4. The van der Waals surface area contributed by atoms with E-state index in [4.69, 9.17) is 4.74 Å². The van der Waals surface area contributed by atoms with E-state index in [1.54, 1.807) is 25.3 Å². The Labute approximate surface area is 277 Å². The normalized spacial score (nSPS) is 14.7. The molecule has 1 heterocycles. The van der Waals surface area contributed by atoms with Crippen molar-refractivity contribution in [2.75, 3.05) is 12.0 Å². The highest BCUT2D eigenvalue weighted by Gasteiger charge is 2.33. The van der Waals surface area contributed by atoms with Gasteiger partial charge in [0.05, 0.1) is 17.9 Å². The summed E-state index contributed by atoms with van der Waals surface area (Å²) in [5.41, 5.74) is 1.51. The summed E-state index contributed by atoms with van der Waals surface area (Å²) in [5.74, 6) is -3.26. The van der Waals surface area contributed by atoms with Crippen molar-refractivity contribution in [1.82, 2.24) is 26.3 Å². The van der Waals surface area contributed by atoms with Gasteiger partial charge >= 0.3 is 6.09 Å². The van der Waals surface area contributed by atoms with E-state index in [-0.39, 0.29) is 30.8 Å². The van der Waals surface area contributed by atoms with E-state index in [2.05, 4.69) is 26.3 Å². The highest BCUT2D eigenvalue weighted by atomic mass is 32.2. The molecule has 2 rings (SSSR count). The third kappa shape index (κ3) is 14.9. The van der Waals surface area contributed by atoms with Crippen LogP contribution in [0.3, 0.4) is 0 Å². The molecule has 14 heteroatoms. The number of nitrogens with zero attached hydrogens (tertiary/aromatic N) is 1. The minimum atomic E-state index is -3.73. The van der Waals surface area contributed by atoms with Gasteiger partial charge in [-0.25, -0.2) is 13.2 Å². The average molecular weight is 676 g/mol. The lowest BCUT2D eigenvalue weighted by atomic mass is 9.91. The molecule has 0 fully saturated rings. The maximum absolute atomic E-state index is 13.3. The fraction of sp³-hybridized carbons (Fsp3) is 0.545. The van der Waals surface area contributed by atoms with E-state index in [0.717, 1.165) is 11.8 Å². The van der Waals surface area contributed by atoms with Crippen LogP contribution in [-0.2, 0) is 42.1 Å². The number of nitrogens with one attached hydrogen (secondary N) is 4.